The van der Waals surface area contributed by atoms with Crippen molar-refractivity contribution in [1.82, 2.24) is 5.32 Å². The average Bonchev–Trinajstić information content (AvgIpc) is 2.66. The topological polar surface area (TPSA) is 62.6 Å². The second kappa shape index (κ2) is 8.15. The molecule has 0 radical (unpaired) electrons. The van der Waals surface area contributed by atoms with Gasteiger partial charge in [-0.3, -0.25) is 9.59 Å². The summed E-state index contributed by atoms with van der Waals surface area (Å²) in [5.74, 6) is -0.206. The molecular formula is C21H26N3O2+. The van der Waals surface area contributed by atoms with Crippen molar-refractivity contribution in [3.8, 4) is 0 Å². The molecule has 0 heterocycles. The summed E-state index contributed by atoms with van der Waals surface area (Å²) in [6, 6.07) is 15.9. The summed E-state index contributed by atoms with van der Waals surface area (Å²) in [7, 11) is 3.67. The van der Waals surface area contributed by atoms with Crippen LogP contribution in [0.15, 0.2) is 48.5 Å². The van der Waals surface area contributed by atoms with E-state index in [1.165, 1.54) is 16.0 Å². The summed E-state index contributed by atoms with van der Waals surface area (Å²) in [4.78, 5) is 25.4. The molecule has 2 aromatic rings. The van der Waals surface area contributed by atoms with Gasteiger partial charge < -0.3 is 15.5 Å². The number of likely N-dealkylation sites (N-methyl/N-ethyl adjacent to an activating group) is 1. The van der Waals surface area contributed by atoms with Gasteiger partial charge in [0.15, 0.2) is 6.54 Å². The summed E-state index contributed by atoms with van der Waals surface area (Å²) in [5, 5.41) is 5.51. The van der Waals surface area contributed by atoms with Crippen molar-refractivity contribution in [2.45, 2.75) is 25.3 Å². The van der Waals surface area contributed by atoms with E-state index in [1.54, 1.807) is 31.3 Å². The van der Waals surface area contributed by atoms with Crippen LogP contribution in [-0.4, -0.2) is 32.5 Å². The van der Waals surface area contributed by atoms with Crippen LogP contribution in [0.5, 0.6) is 0 Å². The molecule has 0 aromatic heterocycles. The molecule has 0 saturated carbocycles. The van der Waals surface area contributed by atoms with Crippen LogP contribution in [0, 0.1) is 0 Å². The summed E-state index contributed by atoms with van der Waals surface area (Å²) >= 11 is 0. The van der Waals surface area contributed by atoms with Crippen LogP contribution in [0.3, 0.4) is 0 Å². The van der Waals surface area contributed by atoms with Gasteiger partial charge in [-0.2, -0.15) is 0 Å². The highest BCUT2D eigenvalue weighted by Gasteiger charge is 2.27. The van der Waals surface area contributed by atoms with Crippen molar-refractivity contribution in [3.63, 3.8) is 0 Å². The zero-order chi connectivity index (χ0) is 18.5. The quantitative estimate of drug-likeness (QED) is 0.765. The summed E-state index contributed by atoms with van der Waals surface area (Å²) in [6.45, 7) is 0.392. The number of quaternary nitrogens is 1. The molecule has 26 heavy (non-hydrogen) atoms. The number of benzene rings is 2. The molecule has 1 unspecified atom stereocenters. The summed E-state index contributed by atoms with van der Waals surface area (Å²) in [6.07, 6.45) is 3.38. The predicted octanol–water partition coefficient (Wildman–Crippen LogP) is 1.58. The summed E-state index contributed by atoms with van der Waals surface area (Å²) in [5.41, 5.74) is 3.95. The number of hydrogen-bond donors (Lipinski definition) is 3. The molecule has 0 saturated heterocycles. The van der Waals surface area contributed by atoms with E-state index in [4.69, 9.17) is 0 Å². The molecule has 0 bridgehead atoms. The van der Waals surface area contributed by atoms with Crippen LogP contribution < -0.4 is 15.5 Å². The fraction of sp³-hybridized carbons (Fsp3) is 0.333. The minimum absolute atomic E-state index is 0.0420. The normalized spacial score (nSPS) is 17.1. The number of fused-ring (bicyclic) bond motifs is 1. The van der Waals surface area contributed by atoms with Gasteiger partial charge in [0, 0.05) is 30.3 Å². The Labute approximate surface area is 154 Å². The zero-order valence-corrected chi connectivity index (χ0v) is 15.3. The standard InChI is InChI=1S/C21H25N3O2/c1-22-21(26)16-9-5-10-17(13-16)23-20(25)14-24(2)19-12-6-8-15-7-3-4-11-18(15)19/h3-5,7,9-11,13,19H,6,8,12,14H2,1-2H3,(H,22,26)(H,23,25)/p+1/t19-/m1/s1. The molecule has 0 spiro atoms. The van der Waals surface area contributed by atoms with Crippen LogP contribution in [0.25, 0.3) is 0 Å². The Morgan fingerprint density at radius 2 is 1.96 bits per heavy atom. The van der Waals surface area contributed by atoms with Crippen LogP contribution >= 0.6 is 0 Å². The zero-order valence-electron chi connectivity index (χ0n) is 15.3. The Balaban J connectivity index is 1.65. The lowest BCUT2D eigenvalue weighted by atomic mass is 9.87. The number of amides is 2. The lowest BCUT2D eigenvalue weighted by molar-refractivity contribution is -0.905. The highest BCUT2D eigenvalue weighted by Crippen LogP contribution is 2.27. The Morgan fingerprint density at radius 1 is 1.15 bits per heavy atom. The minimum atomic E-state index is -0.164. The molecule has 3 rings (SSSR count). The molecule has 1 aliphatic carbocycles. The van der Waals surface area contributed by atoms with Gasteiger partial charge in [-0.25, -0.2) is 0 Å². The maximum atomic E-state index is 12.5. The maximum absolute atomic E-state index is 12.5. The van der Waals surface area contributed by atoms with E-state index in [9.17, 15) is 9.59 Å². The largest absolute Gasteiger partial charge is 0.355 e. The van der Waals surface area contributed by atoms with Crippen LogP contribution in [0.2, 0.25) is 0 Å². The van der Waals surface area contributed by atoms with Crippen molar-refractivity contribution in [1.29, 1.82) is 0 Å². The molecule has 2 aromatic carbocycles. The first-order chi connectivity index (χ1) is 12.6. The predicted molar refractivity (Wildman–Crippen MR) is 102 cm³/mol. The molecule has 5 heteroatoms. The molecule has 5 nitrogen and oxygen atoms in total. The number of anilines is 1. The first kappa shape index (κ1) is 18.1. The number of hydrogen-bond acceptors (Lipinski definition) is 2. The monoisotopic (exact) mass is 352 g/mol. The average molecular weight is 352 g/mol. The van der Waals surface area contributed by atoms with Gasteiger partial charge >= 0.3 is 0 Å². The lowest BCUT2D eigenvalue weighted by Crippen LogP contribution is -3.10. The van der Waals surface area contributed by atoms with E-state index < -0.39 is 0 Å². The van der Waals surface area contributed by atoms with E-state index in [2.05, 4.69) is 41.9 Å². The number of aryl methyl sites for hydroxylation is 1. The van der Waals surface area contributed by atoms with Crippen molar-refractivity contribution < 1.29 is 14.5 Å². The third kappa shape index (κ3) is 4.11. The van der Waals surface area contributed by atoms with E-state index >= 15 is 0 Å². The molecule has 136 valence electrons. The van der Waals surface area contributed by atoms with E-state index in [-0.39, 0.29) is 11.8 Å². The number of carbonyl (C=O) groups excluding carboxylic acids is 2. The number of rotatable bonds is 5. The van der Waals surface area contributed by atoms with Gasteiger partial charge in [-0.1, -0.05) is 30.3 Å². The van der Waals surface area contributed by atoms with Gasteiger partial charge in [0.05, 0.1) is 7.05 Å². The number of carbonyl (C=O) groups is 2. The van der Waals surface area contributed by atoms with Crippen molar-refractivity contribution in [2.24, 2.45) is 0 Å². The third-order valence-electron chi connectivity index (χ3n) is 5.04. The minimum Gasteiger partial charge on any atom is -0.355 e. The smallest absolute Gasteiger partial charge is 0.279 e. The van der Waals surface area contributed by atoms with E-state index in [1.807, 2.05) is 0 Å². The Kier molecular flexibility index (Phi) is 5.68. The first-order valence-electron chi connectivity index (χ1n) is 9.10. The van der Waals surface area contributed by atoms with Crippen molar-refractivity contribution >= 4 is 17.5 Å². The fourth-order valence-electron chi connectivity index (χ4n) is 3.73. The molecular weight excluding hydrogens is 326 g/mol. The van der Waals surface area contributed by atoms with Gasteiger partial charge in [-0.05, 0) is 36.6 Å². The highest BCUT2D eigenvalue weighted by atomic mass is 16.2. The molecule has 2 amide bonds. The van der Waals surface area contributed by atoms with Gasteiger partial charge in [0.2, 0.25) is 0 Å². The second-order valence-electron chi connectivity index (χ2n) is 6.87. The number of nitrogens with one attached hydrogen (secondary N) is 3. The second-order valence-corrected chi connectivity index (χ2v) is 6.87. The van der Waals surface area contributed by atoms with Crippen LogP contribution in [-0.2, 0) is 11.2 Å². The Bertz CT molecular complexity index is 803. The summed E-state index contributed by atoms with van der Waals surface area (Å²) < 4.78 is 0. The van der Waals surface area contributed by atoms with E-state index in [0.29, 0.717) is 23.8 Å². The molecule has 3 N–H and O–H groups in total. The highest BCUT2D eigenvalue weighted by molar-refractivity contribution is 5.97. The Hall–Kier alpha value is -2.66. The van der Waals surface area contributed by atoms with Gasteiger partial charge in [-0.15, -0.1) is 0 Å². The van der Waals surface area contributed by atoms with Gasteiger partial charge in [0.25, 0.3) is 11.8 Å². The molecule has 0 fully saturated rings. The lowest BCUT2D eigenvalue weighted by Gasteiger charge is -2.30. The van der Waals surface area contributed by atoms with Gasteiger partial charge in [0.1, 0.15) is 6.04 Å². The van der Waals surface area contributed by atoms with Crippen LogP contribution in [0.1, 0.15) is 40.4 Å². The molecule has 2 atom stereocenters. The Morgan fingerprint density at radius 3 is 2.77 bits per heavy atom. The van der Waals surface area contributed by atoms with Crippen molar-refractivity contribution in [2.75, 3.05) is 26.0 Å². The first-order valence-corrected chi connectivity index (χ1v) is 9.10. The van der Waals surface area contributed by atoms with E-state index in [0.717, 1.165) is 19.3 Å². The molecule has 1 aliphatic rings. The fourth-order valence-corrected chi connectivity index (χ4v) is 3.73. The van der Waals surface area contributed by atoms with Crippen molar-refractivity contribution in [3.05, 3.63) is 65.2 Å². The van der Waals surface area contributed by atoms with Crippen LogP contribution in [0.4, 0.5) is 5.69 Å². The maximum Gasteiger partial charge on any atom is 0.279 e. The molecule has 0 aliphatic heterocycles. The third-order valence-corrected chi connectivity index (χ3v) is 5.04. The SMILES string of the molecule is CNC(=O)c1cccc(NC(=O)C[NH+](C)[C@@H]2CCCc3ccccc32)c1.